The van der Waals surface area contributed by atoms with Gasteiger partial charge in [-0.1, -0.05) is 23.7 Å². The van der Waals surface area contributed by atoms with Crippen molar-refractivity contribution >= 4 is 29.6 Å². The smallest absolute Gasteiger partial charge is 0.416 e. The molecular weight excluding hydrogens is 405 g/mol. The molecule has 0 atom stereocenters. The highest BCUT2D eigenvalue weighted by Crippen LogP contribution is 2.29. The molecule has 0 aliphatic carbocycles. The van der Waals surface area contributed by atoms with Crippen LogP contribution in [0.1, 0.15) is 34.0 Å². The summed E-state index contributed by atoms with van der Waals surface area (Å²) in [6.07, 6.45) is -2.39. The van der Waals surface area contributed by atoms with E-state index in [1.807, 2.05) is 25.8 Å². The minimum absolute atomic E-state index is 0.0285. The van der Waals surface area contributed by atoms with Crippen LogP contribution < -0.4 is 0 Å². The topological polar surface area (TPSA) is 41.9 Å². The zero-order valence-corrected chi connectivity index (χ0v) is 17.1. The Morgan fingerprint density at radius 3 is 2.48 bits per heavy atom. The molecule has 0 spiro atoms. The molecule has 0 aliphatic rings. The van der Waals surface area contributed by atoms with Gasteiger partial charge in [0.05, 0.1) is 34.8 Å². The van der Waals surface area contributed by atoms with Crippen molar-refractivity contribution in [3.05, 3.63) is 63.7 Å². The summed E-state index contributed by atoms with van der Waals surface area (Å²) in [4.78, 5) is 18.6. The van der Waals surface area contributed by atoms with Crippen LogP contribution in [0.15, 0.2) is 41.4 Å². The highest BCUT2D eigenvalue weighted by Gasteiger charge is 2.29. The van der Waals surface area contributed by atoms with E-state index in [1.54, 1.807) is 18.5 Å². The molecule has 0 N–H and O–H groups in total. The first-order chi connectivity index (χ1) is 13.6. The molecule has 0 saturated carbocycles. The average molecular weight is 427 g/mol. The maximum absolute atomic E-state index is 12.6. The Bertz CT molecular complexity index is 881. The second kappa shape index (κ2) is 9.78. The number of aliphatic imine (C=N–C) groups is 1. The summed E-state index contributed by atoms with van der Waals surface area (Å²) >= 11 is 6.21. The molecular formula is C21H22ClF3N2O2. The van der Waals surface area contributed by atoms with Gasteiger partial charge in [-0.2, -0.15) is 13.2 Å². The van der Waals surface area contributed by atoms with Gasteiger partial charge < -0.3 is 9.64 Å². The van der Waals surface area contributed by atoms with Crippen molar-refractivity contribution in [2.45, 2.75) is 26.4 Å². The van der Waals surface area contributed by atoms with Crippen LogP contribution in [0.4, 0.5) is 18.9 Å². The minimum atomic E-state index is -4.37. The van der Waals surface area contributed by atoms with E-state index in [9.17, 15) is 18.0 Å². The molecule has 0 radical (unpaired) electrons. The molecule has 156 valence electrons. The van der Waals surface area contributed by atoms with Gasteiger partial charge in [-0.15, -0.1) is 0 Å². The predicted molar refractivity (Wildman–Crippen MR) is 108 cm³/mol. The van der Waals surface area contributed by atoms with Crippen LogP contribution in [0, 0.1) is 6.92 Å². The van der Waals surface area contributed by atoms with E-state index in [0.717, 1.165) is 24.2 Å². The largest absolute Gasteiger partial charge is 0.462 e. The van der Waals surface area contributed by atoms with Crippen molar-refractivity contribution < 1.29 is 22.7 Å². The molecule has 0 amide bonds. The third kappa shape index (κ3) is 6.49. The monoisotopic (exact) mass is 426 g/mol. The van der Waals surface area contributed by atoms with E-state index in [2.05, 4.69) is 4.99 Å². The van der Waals surface area contributed by atoms with Gasteiger partial charge in [0.15, 0.2) is 0 Å². The molecule has 2 rings (SSSR count). The Morgan fingerprint density at radius 1 is 1.24 bits per heavy atom. The van der Waals surface area contributed by atoms with Crippen LogP contribution >= 0.6 is 11.6 Å². The third-order valence-electron chi connectivity index (χ3n) is 4.30. The van der Waals surface area contributed by atoms with Crippen LogP contribution in [0.5, 0.6) is 0 Å². The maximum Gasteiger partial charge on any atom is 0.416 e. The van der Waals surface area contributed by atoms with E-state index in [0.29, 0.717) is 17.7 Å². The lowest BCUT2D eigenvalue weighted by atomic mass is 10.1. The summed E-state index contributed by atoms with van der Waals surface area (Å²) in [6.45, 7) is 4.64. The molecule has 8 heteroatoms. The summed E-state index contributed by atoms with van der Waals surface area (Å²) in [7, 11) is 1.89. The highest BCUT2D eigenvalue weighted by molar-refractivity contribution is 6.33. The molecule has 2 aromatic rings. The Labute approximate surface area is 173 Å². The van der Waals surface area contributed by atoms with Gasteiger partial charge in [-0.05, 0) is 49.2 Å². The van der Waals surface area contributed by atoms with Crippen molar-refractivity contribution in [1.29, 1.82) is 0 Å². The second-order valence-electron chi connectivity index (χ2n) is 6.52. The molecule has 0 aromatic heterocycles. The summed E-state index contributed by atoms with van der Waals surface area (Å²) in [6, 6.07) is 7.96. The number of carbonyl (C=O) groups excluding carboxylic acids is 1. The number of alkyl halides is 3. The molecule has 2 aromatic carbocycles. The van der Waals surface area contributed by atoms with Gasteiger partial charge in [-0.25, -0.2) is 9.79 Å². The number of benzene rings is 2. The lowest BCUT2D eigenvalue weighted by Gasteiger charge is -2.11. The van der Waals surface area contributed by atoms with E-state index < -0.39 is 17.7 Å². The Kier molecular flexibility index (Phi) is 7.67. The van der Waals surface area contributed by atoms with Crippen molar-refractivity contribution in [1.82, 2.24) is 4.90 Å². The number of hydrogen-bond acceptors (Lipinski definition) is 3. The molecule has 0 heterocycles. The standard InChI is InChI=1S/C21H22ClF3N2O2/c1-4-27(3)13-26-19-12-18(22)17(11-14(19)2)20(28)29-10-9-15-5-7-16(8-6-15)21(23,24)25/h5-8,11-13H,4,9-10H2,1-3H3. The first-order valence-corrected chi connectivity index (χ1v) is 9.37. The fourth-order valence-electron chi connectivity index (χ4n) is 2.41. The van der Waals surface area contributed by atoms with Crippen molar-refractivity contribution in [2.24, 2.45) is 4.99 Å². The summed E-state index contributed by atoms with van der Waals surface area (Å²) in [5.74, 6) is -0.591. The minimum Gasteiger partial charge on any atom is -0.462 e. The highest BCUT2D eigenvalue weighted by atomic mass is 35.5. The van der Waals surface area contributed by atoms with Gasteiger partial charge in [-0.3, -0.25) is 0 Å². The number of hydrogen-bond donors (Lipinski definition) is 0. The van der Waals surface area contributed by atoms with Crippen molar-refractivity contribution in [2.75, 3.05) is 20.2 Å². The lowest BCUT2D eigenvalue weighted by Crippen LogP contribution is -2.14. The van der Waals surface area contributed by atoms with Crippen LogP contribution in [-0.2, 0) is 17.3 Å². The molecule has 0 unspecified atom stereocenters. The fourth-order valence-corrected chi connectivity index (χ4v) is 2.64. The van der Waals surface area contributed by atoms with Crippen LogP contribution in [0.2, 0.25) is 5.02 Å². The number of esters is 1. The second-order valence-corrected chi connectivity index (χ2v) is 6.92. The molecule has 0 saturated heterocycles. The average Bonchev–Trinajstić information content (AvgIpc) is 2.67. The Morgan fingerprint density at radius 2 is 1.90 bits per heavy atom. The zero-order valence-electron chi connectivity index (χ0n) is 16.4. The Hall–Kier alpha value is -2.54. The number of nitrogens with zero attached hydrogens (tertiary/aromatic N) is 2. The van der Waals surface area contributed by atoms with Crippen molar-refractivity contribution in [3.8, 4) is 0 Å². The normalized spacial score (nSPS) is 11.7. The lowest BCUT2D eigenvalue weighted by molar-refractivity contribution is -0.137. The van der Waals surface area contributed by atoms with Crippen LogP contribution in [-0.4, -0.2) is 37.4 Å². The van der Waals surface area contributed by atoms with Gasteiger partial charge in [0.1, 0.15) is 0 Å². The summed E-state index contributed by atoms with van der Waals surface area (Å²) < 4.78 is 43.0. The van der Waals surface area contributed by atoms with E-state index in [4.69, 9.17) is 16.3 Å². The van der Waals surface area contributed by atoms with E-state index in [-0.39, 0.29) is 17.2 Å². The SMILES string of the molecule is CCN(C)C=Nc1cc(Cl)c(C(=O)OCCc2ccc(C(F)(F)F)cc2)cc1C. The third-order valence-corrected chi connectivity index (χ3v) is 4.62. The van der Waals surface area contributed by atoms with Gasteiger partial charge in [0.25, 0.3) is 0 Å². The summed E-state index contributed by atoms with van der Waals surface area (Å²) in [5, 5.41) is 0.224. The van der Waals surface area contributed by atoms with Gasteiger partial charge in [0.2, 0.25) is 0 Å². The molecule has 0 aliphatic heterocycles. The molecule has 0 fully saturated rings. The van der Waals surface area contributed by atoms with Crippen LogP contribution in [0.3, 0.4) is 0 Å². The van der Waals surface area contributed by atoms with Gasteiger partial charge in [0, 0.05) is 20.0 Å². The van der Waals surface area contributed by atoms with E-state index in [1.165, 1.54) is 12.1 Å². The fraction of sp³-hybridized carbons (Fsp3) is 0.333. The number of carbonyl (C=O) groups is 1. The Balaban J connectivity index is 1.98. The quantitative estimate of drug-likeness (QED) is 0.325. The van der Waals surface area contributed by atoms with Crippen LogP contribution in [0.25, 0.3) is 0 Å². The zero-order chi connectivity index (χ0) is 21.6. The first kappa shape index (κ1) is 22.7. The predicted octanol–water partition coefficient (Wildman–Crippen LogP) is 5.68. The van der Waals surface area contributed by atoms with E-state index >= 15 is 0 Å². The molecule has 4 nitrogen and oxygen atoms in total. The molecule has 0 bridgehead atoms. The first-order valence-electron chi connectivity index (χ1n) is 8.99. The maximum atomic E-state index is 12.6. The number of ether oxygens (including phenoxy) is 1. The van der Waals surface area contributed by atoms with Gasteiger partial charge >= 0.3 is 12.1 Å². The number of rotatable bonds is 7. The number of aryl methyl sites for hydroxylation is 1. The van der Waals surface area contributed by atoms with Crippen molar-refractivity contribution in [3.63, 3.8) is 0 Å². The number of halogens is 4. The summed E-state index contributed by atoms with van der Waals surface area (Å²) in [5.41, 5.74) is 1.56. The molecule has 29 heavy (non-hydrogen) atoms.